The van der Waals surface area contributed by atoms with Gasteiger partial charge in [-0.3, -0.25) is 4.57 Å². The smallest absolute Gasteiger partial charge is 0.142 e. The van der Waals surface area contributed by atoms with E-state index in [-0.39, 0.29) is 5.41 Å². The first kappa shape index (κ1) is 14.2. The van der Waals surface area contributed by atoms with E-state index >= 15 is 0 Å². The van der Waals surface area contributed by atoms with E-state index in [1.54, 1.807) is 0 Å². The second kappa shape index (κ2) is 5.42. The number of benzene rings is 1. The zero-order valence-corrected chi connectivity index (χ0v) is 12.4. The molecule has 1 aromatic heterocycles. The van der Waals surface area contributed by atoms with Gasteiger partial charge < -0.3 is 5.73 Å². The highest BCUT2D eigenvalue weighted by Gasteiger charge is 2.20. The molecule has 104 valence electrons. The lowest BCUT2D eigenvalue weighted by Gasteiger charge is -2.16. The van der Waals surface area contributed by atoms with Gasteiger partial charge >= 0.3 is 0 Å². The predicted molar refractivity (Wildman–Crippen MR) is 84.1 cm³/mol. The molecule has 0 amide bonds. The van der Waals surface area contributed by atoms with Gasteiger partial charge in [-0.25, -0.2) is 4.98 Å². The zero-order valence-electron chi connectivity index (χ0n) is 12.4. The molecule has 20 heavy (non-hydrogen) atoms. The summed E-state index contributed by atoms with van der Waals surface area (Å²) in [5.41, 5.74) is 8.34. The molecule has 0 radical (unpaired) electrons. The van der Waals surface area contributed by atoms with Crippen molar-refractivity contribution in [1.29, 1.82) is 0 Å². The minimum absolute atomic E-state index is 0.136. The quantitative estimate of drug-likeness (QED) is 0.867. The molecule has 0 bridgehead atoms. The summed E-state index contributed by atoms with van der Waals surface area (Å²) in [6.45, 7) is 6.96. The fourth-order valence-electron chi connectivity index (χ4n) is 2.21. The van der Waals surface area contributed by atoms with Crippen LogP contribution in [0.15, 0.2) is 30.3 Å². The second-order valence-corrected chi connectivity index (χ2v) is 6.16. The van der Waals surface area contributed by atoms with Crippen molar-refractivity contribution in [2.75, 3.05) is 5.73 Å². The number of nitrogens with two attached hydrogens (primary N) is 1. The summed E-state index contributed by atoms with van der Waals surface area (Å²) in [5, 5.41) is 0. The van der Waals surface area contributed by atoms with E-state index in [0.29, 0.717) is 12.4 Å². The highest BCUT2D eigenvalue weighted by atomic mass is 15.1. The first-order chi connectivity index (χ1) is 9.42. The van der Waals surface area contributed by atoms with Gasteiger partial charge in [0, 0.05) is 5.56 Å². The van der Waals surface area contributed by atoms with E-state index in [4.69, 9.17) is 17.1 Å². The topological polar surface area (TPSA) is 43.8 Å². The average molecular weight is 267 g/mol. The number of nitrogens with zero attached hydrogens (tertiary/aromatic N) is 2. The summed E-state index contributed by atoms with van der Waals surface area (Å²) in [6, 6.07) is 10.0. The Morgan fingerprint density at radius 2 is 1.90 bits per heavy atom. The molecule has 0 spiro atoms. The first-order valence-corrected chi connectivity index (χ1v) is 6.76. The third-order valence-electron chi connectivity index (χ3n) is 3.06. The molecule has 1 aromatic carbocycles. The van der Waals surface area contributed by atoms with Gasteiger partial charge in [0.2, 0.25) is 0 Å². The second-order valence-electron chi connectivity index (χ2n) is 6.16. The minimum atomic E-state index is 0.136. The van der Waals surface area contributed by atoms with Gasteiger partial charge in [-0.2, -0.15) is 0 Å². The Kier molecular flexibility index (Phi) is 3.85. The van der Waals surface area contributed by atoms with Gasteiger partial charge in [-0.15, -0.1) is 6.42 Å². The Morgan fingerprint density at radius 3 is 2.45 bits per heavy atom. The molecule has 2 N–H and O–H groups in total. The maximum absolute atomic E-state index is 6.24. The summed E-state index contributed by atoms with van der Waals surface area (Å²) in [5.74, 6) is 4.18. The van der Waals surface area contributed by atoms with Crippen LogP contribution in [0.25, 0.3) is 11.4 Å². The number of imidazole rings is 1. The average Bonchev–Trinajstić information content (AvgIpc) is 2.67. The van der Waals surface area contributed by atoms with Crippen molar-refractivity contribution >= 4 is 5.82 Å². The van der Waals surface area contributed by atoms with Crippen molar-refractivity contribution in [2.24, 2.45) is 5.41 Å². The lowest BCUT2D eigenvalue weighted by atomic mass is 9.90. The number of aromatic nitrogens is 2. The molecular weight excluding hydrogens is 246 g/mol. The summed E-state index contributed by atoms with van der Waals surface area (Å²) in [6.07, 6.45) is 6.29. The van der Waals surface area contributed by atoms with Gasteiger partial charge in [-0.1, -0.05) is 57.0 Å². The number of rotatable bonds is 3. The van der Waals surface area contributed by atoms with Crippen LogP contribution < -0.4 is 5.73 Å². The van der Waals surface area contributed by atoms with Crippen molar-refractivity contribution in [1.82, 2.24) is 9.55 Å². The molecule has 2 rings (SSSR count). The van der Waals surface area contributed by atoms with Crippen LogP contribution in [0.1, 0.15) is 26.5 Å². The standard InChI is InChI=1S/C17H21N3/c1-5-11-20-15(18)14(12-17(2,3)4)19-16(20)13-9-7-6-8-10-13/h1,6-10H,11-12,18H2,2-4H3. The van der Waals surface area contributed by atoms with Crippen LogP contribution in [-0.2, 0) is 13.0 Å². The van der Waals surface area contributed by atoms with Crippen LogP contribution in [-0.4, -0.2) is 9.55 Å². The molecule has 0 aliphatic rings. The number of anilines is 1. The lowest BCUT2D eigenvalue weighted by molar-refractivity contribution is 0.407. The summed E-state index contributed by atoms with van der Waals surface area (Å²) in [4.78, 5) is 4.73. The van der Waals surface area contributed by atoms with Gasteiger partial charge in [0.25, 0.3) is 0 Å². The molecule has 2 aromatic rings. The van der Waals surface area contributed by atoms with Crippen LogP contribution in [0.2, 0.25) is 0 Å². The highest BCUT2D eigenvalue weighted by molar-refractivity contribution is 5.60. The van der Waals surface area contributed by atoms with Crippen LogP contribution in [0.4, 0.5) is 5.82 Å². The van der Waals surface area contributed by atoms with Crippen molar-refractivity contribution in [3.8, 4) is 23.7 Å². The van der Waals surface area contributed by atoms with Crippen molar-refractivity contribution in [3.05, 3.63) is 36.0 Å². The van der Waals surface area contributed by atoms with Crippen molar-refractivity contribution in [3.63, 3.8) is 0 Å². The molecule has 1 heterocycles. The number of hydrogen-bond donors (Lipinski definition) is 1. The van der Waals surface area contributed by atoms with E-state index in [2.05, 4.69) is 26.7 Å². The summed E-state index contributed by atoms with van der Waals surface area (Å²) < 4.78 is 1.91. The monoisotopic (exact) mass is 267 g/mol. The molecule has 3 nitrogen and oxygen atoms in total. The molecular formula is C17H21N3. The van der Waals surface area contributed by atoms with Crippen LogP contribution >= 0.6 is 0 Å². The highest BCUT2D eigenvalue weighted by Crippen LogP contribution is 2.28. The molecule has 0 saturated heterocycles. The fourth-order valence-corrected chi connectivity index (χ4v) is 2.21. The molecule has 0 saturated carbocycles. The maximum atomic E-state index is 6.24. The molecule has 0 atom stereocenters. The Morgan fingerprint density at radius 1 is 1.25 bits per heavy atom. The largest absolute Gasteiger partial charge is 0.384 e. The minimum Gasteiger partial charge on any atom is -0.384 e. The molecule has 3 heteroatoms. The molecule has 0 aliphatic heterocycles. The van der Waals surface area contributed by atoms with Gasteiger partial charge in [0.15, 0.2) is 0 Å². The SMILES string of the molecule is C#CCn1c(-c2ccccc2)nc(CC(C)(C)C)c1N. The van der Waals surface area contributed by atoms with Crippen LogP contribution in [0, 0.1) is 17.8 Å². The van der Waals surface area contributed by atoms with Gasteiger partial charge in [-0.05, 0) is 11.8 Å². The summed E-state index contributed by atoms with van der Waals surface area (Å²) >= 11 is 0. The van der Waals surface area contributed by atoms with Gasteiger partial charge in [0.1, 0.15) is 11.6 Å². The third-order valence-corrected chi connectivity index (χ3v) is 3.06. The molecule has 0 unspecified atom stereocenters. The van der Waals surface area contributed by atoms with E-state index in [9.17, 15) is 0 Å². The van der Waals surface area contributed by atoms with Crippen molar-refractivity contribution < 1.29 is 0 Å². The zero-order chi connectivity index (χ0) is 14.8. The van der Waals surface area contributed by atoms with E-state index in [1.165, 1.54) is 0 Å². The lowest BCUT2D eigenvalue weighted by Crippen LogP contribution is -2.11. The Labute approximate surface area is 120 Å². The van der Waals surface area contributed by atoms with Crippen molar-refractivity contribution in [2.45, 2.75) is 33.7 Å². The van der Waals surface area contributed by atoms with E-state index in [0.717, 1.165) is 23.5 Å². The predicted octanol–water partition coefficient (Wildman–Crippen LogP) is 3.35. The Bertz CT molecular complexity index is 625. The van der Waals surface area contributed by atoms with Crippen LogP contribution in [0.5, 0.6) is 0 Å². The third kappa shape index (κ3) is 3.03. The maximum Gasteiger partial charge on any atom is 0.142 e. The number of hydrogen-bond acceptors (Lipinski definition) is 2. The molecule has 0 fully saturated rings. The molecule has 0 aliphatic carbocycles. The van der Waals surface area contributed by atoms with Gasteiger partial charge in [0.05, 0.1) is 12.2 Å². The first-order valence-electron chi connectivity index (χ1n) is 6.76. The normalized spacial score (nSPS) is 11.3. The fraction of sp³-hybridized carbons (Fsp3) is 0.353. The van der Waals surface area contributed by atoms with Crippen LogP contribution in [0.3, 0.4) is 0 Å². The summed E-state index contributed by atoms with van der Waals surface area (Å²) in [7, 11) is 0. The number of terminal acetylenes is 1. The Hall–Kier alpha value is -2.21. The number of nitrogen functional groups attached to an aromatic ring is 1. The Balaban J connectivity index is 2.51. The van der Waals surface area contributed by atoms with E-state index in [1.807, 2.05) is 34.9 Å². The van der Waals surface area contributed by atoms with E-state index < -0.39 is 0 Å².